The van der Waals surface area contributed by atoms with Crippen molar-refractivity contribution in [2.24, 2.45) is 0 Å². The van der Waals surface area contributed by atoms with Crippen molar-refractivity contribution in [1.82, 2.24) is 19.4 Å². The lowest BCUT2D eigenvalue weighted by Gasteiger charge is -2.27. The Morgan fingerprint density at radius 2 is 2.11 bits per heavy atom. The van der Waals surface area contributed by atoms with Gasteiger partial charge in [-0.25, -0.2) is 9.97 Å². The summed E-state index contributed by atoms with van der Waals surface area (Å²) in [6.07, 6.45) is 7.22. The number of allylic oxidation sites excluding steroid dienone is 1. The summed E-state index contributed by atoms with van der Waals surface area (Å²) in [4.78, 5) is 13.1. The average Bonchev–Trinajstić information content (AvgIpc) is 3.38. The fourth-order valence-electron chi connectivity index (χ4n) is 4.01. The molecule has 0 saturated heterocycles. The molecular weight excluding hydrogens is 364 g/mol. The molecule has 0 atom stereocenters. The highest BCUT2D eigenvalue weighted by Crippen LogP contribution is 2.27. The molecule has 0 saturated carbocycles. The van der Waals surface area contributed by atoms with Crippen LogP contribution in [0.25, 0.3) is 21.6 Å². The second-order valence-corrected chi connectivity index (χ2v) is 8.16. The Morgan fingerprint density at radius 1 is 1.18 bits per heavy atom. The van der Waals surface area contributed by atoms with Crippen LogP contribution >= 0.6 is 11.3 Å². The van der Waals surface area contributed by atoms with E-state index in [0.29, 0.717) is 0 Å². The molecule has 1 aromatic carbocycles. The zero-order valence-electron chi connectivity index (χ0n) is 15.7. The zero-order chi connectivity index (χ0) is 18.9. The molecule has 4 heterocycles. The van der Waals surface area contributed by atoms with Gasteiger partial charge in [-0.1, -0.05) is 30.3 Å². The SMILES string of the molecule is C=CCn1cc(CN2CCc3nc(-c4cccs4)ncc3C2)c2ccccc21. The lowest BCUT2D eigenvalue weighted by Crippen LogP contribution is -2.30. The normalized spacial score (nSPS) is 14.3. The molecule has 1 aliphatic heterocycles. The smallest absolute Gasteiger partial charge is 0.169 e. The van der Waals surface area contributed by atoms with Crippen molar-refractivity contribution in [3.63, 3.8) is 0 Å². The molecule has 0 unspecified atom stereocenters. The molecule has 0 spiro atoms. The van der Waals surface area contributed by atoms with Crippen LogP contribution in [0.1, 0.15) is 16.8 Å². The molecule has 0 amide bonds. The number of hydrogen-bond acceptors (Lipinski definition) is 4. The number of benzene rings is 1. The predicted molar refractivity (Wildman–Crippen MR) is 115 cm³/mol. The standard InChI is InChI=1S/C23H22N4S/c1-2-10-27-16-18(19-6-3-4-7-21(19)27)15-26-11-9-20-17(14-26)13-24-23(25-20)22-8-5-12-28-22/h2-8,12-13,16H,1,9-11,14-15H2. The van der Waals surface area contributed by atoms with Gasteiger partial charge in [0, 0.05) is 61.5 Å². The lowest BCUT2D eigenvalue weighted by molar-refractivity contribution is 0.243. The number of para-hydroxylation sites is 1. The van der Waals surface area contributed by atoms with Gasteiger partial charge in [0.2, 0.25) is 0 Å². The van der Waals surface area contributed by atoms with Gasteiger partial charge in [0.15, 0.2) is 5.82 Å². The maximum Gasteiger partial charge on any atom is 0.169 e. The molecule has 4 aromatic rings. The van der Waals surface area contributed by atoms with Gasteiger partial charge in [-0.2, -0.15) is 0 Å². The highest BCUT2D eigenvalue weighted by Gasteiger charge is 2.20. The summed E-state index contributed by atoms with van der Waals surface area (Å²) in [6.45, 7) is 7.60. The van der Waals surface area contributed by atoms with Gasteiger partial charge in [-0.05, 0) is 23.1 Å². The summed E-state index contributed by atoms with van der Waals surface area (Å²) >= 11 is 1.69. The van der Waals surface area contributed by atoms with Crippen molar-refractivity contribution in [3.05, 3.63) is 83.6 Å². The molecule has 4 nitrogen and oxygen atoms in total. The Morgan fingerprint density at radius 3 is 2.96 bits per heavy atom. The molecule has 28 heavy (non-hydrogen) atoms. The van der Waals surface area contributed by atoms with E-state index in [1.807, 2.05) is 18.3 Å². The Bertz CT molecular complexity index is 1130. The summed E-state index contributed by atoms with van der Waals surface area (Å²) in [5.41, 5.74) is 5.10. The van der Waals surface area contributed by atoms with E-state index >= 15 is 0 Å². The van der Waals surface area contributed by atoms with Crippen molar-refractivity contribution in [2.45, 2.75) is 26.1 Å². The van der Waals surface area contributed by atoms with Crippen molar-refractivity contribution in [3.8, 4) is 10.7 Å². The minimum atomic E-state index is 0.836. The van der Waals surface area contributed by atoms with E-state index in [1.165, 1.54) is 27.7 Å². The van der Waals surface area contributed by atoms with Gasteiger partial charge in [0.25, 0.3) is 0 Å². The van der Waals surface area contributed by atoms with Crippen molar-refractivity contribution >= 4 is 22.2 Å². The molecule has 140 valence electrons. The highest BCUT2D eigenvalue weighted by molar-refractivity contribution is 7.13. The van der Waals surface area contributed by atoms with Gasteiger partial charge in [-0.3, -0.25) is 4.90 Å². The van der Waals surface area contributed by atoms with Crippen molar-refractivity contribution in [1.29, 1.82) is 0 Å². The topological polar surface area (TPSA) is 34.0 Å². The van der Waals surface area contributed by atoms with E-state index in [-0.39, 0.29) is 0 Å². The number of nitrogens with zero attached hydrogens (tertiary/aromatic N) is 4. The second-order valence-electron chi connectivity index (χ2n) is 7.22. The Labute approximate surface area is 168 Å². The quantitative estimate of drug-likeness (QED) is 0.457. The lowest BCUT2D eigenvalue weighted by atomic mass is 10.1. The summed E-state index contributed by atoms with van der Waals surface area (Å²) in [5, 5.41) is 3.40. The van der Waals surface area contributed by atoms with Crippen molar-refractivity contribution in [2.75, 3.05) is 6.54 Å². The molecular formula is C23H22N4S. The average molecular weight is 387 g/mol. The van der Waals surface area contributed by atoms with Crippen LogP contribution in [0, 0.1) is 0 Å². The van der Waals surface area contributed by atoms with Gasteiger partial charge in [-0.15, -0.1) is 17.9 Å². The first-order valence-electron chi connectivity index (χ1n) is 9.60. The molecule has 5 heteroatoms. The number of fused-ring (bicyclic) bond motifs is 2. The van der Waals surface area contributed by atoms with E-state index in [1.54, 1.807) is 11.3 Å². The molecule has 1 aliphatic rings. The summed E-state index contributed by atoms with van der Waals surface area (Å²) in [6, 6.07) is 12.8. The monoisotopic (exact) mass is 386 g/mol. The third-order valence-electron chi connectivity index (χ3n) is 5.35. The van der Waals surface area contributed by atoms with Crippen LogP contribution in [0.4, 0.5) is 0 Å². The van der Waals surface area contributed by atoms with E-state index in [4.69, 9.17) is 4.98 Å². The maximum atomic E-state index is 4.83. The fraction of sp³-hybridized carbons (Fsp3) is 0.217. The van der Waals surface area contributed by atoms with Crippen LogP contribution in [-0.4, -0.2) is 26.0 Å². The minimum absolute atomic E-state index is 0.836. The van der Waals surface area contributed by atoms with E-state index in [9.17, 15) is 0 Å². The first kappa shape index (κ1) is 17.3. The third kappa shape index (κ3) is 3.17. The highest BCUT2D eigenvalue weighted by atomic mass is 32.1. The molecule has 0 N–H and O–H groups in total. The summed E-state index contributed by atoms with van der Waals surface area (Å²) in [7, 11) is 0. The molecule has 0 radical (unpaired) electrons. The molecule has 3 aromatic heterocycles. The largest absolute Gasteiger partial charge is 0.343 e. The summed E-state index contributed by atoms with van der Waals surface area (Å²) in [5.74, 6) is 0.856. The number of hydrogen-bond donors (Lipinski definition) is 0. The van der Waals surface area contributed by atoms with E-state index in [2.05, 4.69) is 62.9 Å². The van der Waals surface area contributed by atoms with Crippen LogP contribution in [0.15, 0.2) is 66.8 Å². The Hall–Kier alpha value is -2.76. The minimum Gasteiger partial charge on any atom is -0.343 e. The van der Waals surface area contributed by atoms with E-state index < -0.39 is 0 Å². The second kappa shape index (κ2) is 7.34. The molecule has 0 fully saturated rings. The number of aromatic nitrogens is 3. The van der Waals surface area contributed by atoms with Gasteiger partial charge < -0.3 is 4.57 Å². The Kier molecular flexibility index (Phi) is 4.55. The molecule has 0 aliphatic carbocycles. The fourth-order valence-corrected chi connectivity index (χ4v) is 4.68. The number of thiophene rings is 1. The van der Waals surface area contributed by atoms with Crippen LogP contribution in [0.5, 0.6) is 0 Å². The predicted octanol–water partition coefficient (Wildman–Crippen LogP) is 4.90. The van der Waals surface area contributed by atoms with Crippen molar-refractivity contribution < 1.29 is 0 Å². The van der Waals surface area contributed by atoms with Crippen LogP contribution in [-0.2, 0) is 26.1 Å². The van der Waals surface area contributed by atoms with Gasteiger partial charge in [0.05, 0.1) is 10.6 Å². The van der Waals surface area contributed by atoms with Crippen LogP contribution in [0.2, 0.25) is 0 Å². The Balaban J connectivity index is 1.39. The third-order valence-corrected chi connectivity index (χ3v) is 6.21. The maximum absolute atomic E-state index is 4.83. The summed E-state index contributed by atoms with van der Waals surface area (Å²) < 4.78 is 2.28. The number of rotatable bonds is 5. The van der Waals surface area contributed by atoms with Gasteiger partial charge >= 0.3 is 0 Å². The molecule has 5 rings (SSSR count). The van der Waals surface area contributed by atoms with Crippen LogP contribution in [0.3, 0.4) is 0 Å². The van der Waals surface area contributed by atoms with E-state index in [0.717, 1.165) is 43.3 Å². The first-order valence-corrected chi connectivity index (χ1v) is 10.5. The van der Waals surface area contributed by atoms with Crippen LogP contribution < -0.4 is 0 Å². The first-order chi connectivity index (χ1) is 13.8. The van der Waals surface area contributed by atoms with Gasteiger partial charge in [0.1, 0.15) is 0 Å². The zero-order valence-corrected chi connectivity index (χ0v) is 16.5. The molecule has 0 bridgehead atoms.